The molecule has 2 amide bonds. The van der Waals surface area contributed by atoms with E-state index in [1.165, 1.54) is 12.1 Å². The Labute approximate surface area is 164 Å². The van der Waals surface area contributed by atoms with Crippen molar-refractivity contribution in [1.82, 2.24) is 4.90 Å². The highest BCUT2D eigenvalue weighted by molar-refractivity contribution is 6.13. The highest BCUT2D eigenvalue weighted by Gasteiger charge is 2.59. The molecule has 1 saturated carbocycles. The Hall–Kier alpha value is -2.89. The van der Waals surface area contributed by atoms with E-state index >= 15 is 0 Å². The van der Waals surface area contributed by atoms with Crippen LogP contribution < -0.4 is 9.80 Å². The average molecular weight is 381 g/mol. The predicted octanol–water partition coefficient (Wildman–Crippen LogP) is 2.92. The number of carbonyl (C=O) groups is 2. The zero-order chi connectivity index (χ0) is 19.7. The van der Waals surface area contributed by atoms with Crippen LogP contribution in [0, 0.1) is 11.2 Å². The van der Waals surface area contributed by atoms with Crippen LogP contribution in [0.4, 0.5) is 15.8 Å². The van der Waals surface area contributed by atoms with Crippen LogP contribution in [0.3, 0.4) is 0 Å². The van der Waals surface area contributed by atoms with E-state index in [0.29, 0.717) is 39.0 Å². The normalized spacial score (nSPS) is 17.9. The molecule has 28 heavy (non-hydrogen) atoms. The standard InChI is InChI=1S/C22H24FN3O2/c1-24(18-5-3-2-4-6-18)20(27)22(11-12-22)21(28)26-15-13-25(14-16-26)19-9-7-17(23)8-10-19/h2-10H,11-16H2,1H3. The van der Waals surface area contributed by atoms with E-state index in [9.17, 15) is 14.0 Å². The van der Waals surface area contributed by atoms with Gasteiger partial charge in [0.15, 0.2) is 0 Å². The van der Waals surface area contributed by atoms with Gasteiger partial charge in [0.1, 0.15) is 11.2 Å². The van der Waals surface area contributed by atoms with Crippen LogP contribution in [0.15, 0.2) is 54.6 Å². The summed E-state index contributed by atoms with van der Waals surface area (Å²) in [6, 6.07) is 15.8. The topological polar surface area (TPSA) is 43.9 Å². The van der Waals surface area contributed by atoms with Crippen molar-refractivity contribution < 1.29 is 14.0 Å². The van der Waals surface area contributed by atoms with Gasteiger partial charge in [-0.3, -0.25) is 9.59 Å². The summed E-state index contributed by atoms with van der Waals surface area (Å²) in [6.45, 7) is 2.49. The van der Waals surface area contributed by atoms with Gasteiger partial charge < -0.3 is 14.7 Å². The summed E-state index contributed by atoms with van der Waals surface area (Å²) in [5.74, 6) is -0.432. The van der Waals surface area contributed by atoms with Crippen LogP contribution in [-0.2, 0) is 9.59 Å². The lowest BCUT2D eigenvalue weighted by Crippen LogP contribution is -2.53. The number of nitrogens with zero attached hydrogens (tertiary/aromatic N) is 3. The first-order valence-electron chi connectivity index (χ1n) is 9.64. The molecule has 6 heteroatoms. The summed E-state index contributed by atoms with van der Waals surface area (Å²) in [6.07, 6.45) is 1.22. The molecule has 0 bridgehead atoms. The molecule has 5 nitrogen and oxygen atoms in total. The van der Waals surface area contributed by atoms with Crippen LogP contribution in [0.2, 0.25) is 0 Å². The van der Waals surface area contributed by atoms with Crippen molar-refractivity contribution in [1.29, 1.82) is 0 Å². The molecule has 1 aliphatic heterocycles. The van der Waals surface area contributed by atoms with E-state index in [-0.39, 0.29) is 17.6 Å². The maximum atomic E-state index is 13.2. The molecule has 2 aliphatic rings. The Bertz CT molecular complexity index is 857. The first-order valence-corrected chi connectivity index (χ1v) is 9.64. The van der Waals surface area contributed by atoms with Gasteiger partial charge in [-0.25, -0.2) is 4.39 Å². The number of halogens is 1. The number of rotatable bonds is 4. The van der Waals surface area contributed by atoms with Gasteiger partial charge in [0, 0.05) is 44.6 Å². The van der Waals surface area contributed by atoms with Crippen molar-refractivity contribution in [2.75, 3.05) is 43.0 Å². The van der Waals surface area contributed by atoms with Crippen molar-refractivity contribution in [2.24, 2.45) is 5.41 Å². The average Bonchev–Trinajstić information content (AvgIpc) is 3.55. The number of hydrogen-bond acceptors (Lipinski definition) is 3. The molecular formula is C22H24FN3O2. The van der Waals surface area contributed by atoms with E-state index in [0.717, 1.165) is 11.4 Å². The van der Waals surface area contributed by atoms with Gasteiger partial charge >= 0.3 is 0 Å². The molecule has 0 radical (unpaired) electrons. The molecule has 4 rings (SSSR count). The van der Waals surface area contributed by atoms with Gasteiger partial charge in [-0.1, -0.05) is 18.2 Å². The SMILES string of the molecule is CN(C(=O)C1(C(=O)N2CCN(c3ccc(F)cc3)CC2)CC1)c1ccccc1. The summed E-state index contributed by atoms with van der Waals surface area (Å²) in [5.41, 5.74) is 0.852. The Morgan fingerprint density at radius 1 is 0.929 bits per heavy atom. The second kappa shape index (κ2) is 7.26. The molecule has 0 aromatic heterocycles. The van der Waals surface area contributed by atoms with Gasteiger partial charge in [-0.05, 0) is 49.2 Å². The molecule has 1 saturated heterocycles. The lowest BCUT2D eigenvalue weighted by atomic mass is 10.0. The molecule has 146 valence electrons. The van der Waals surface area contributed by atoms with Gasteiger partial charge in [0.2, 0.25) is 11.8 Å². The third kappa shape index (κ3) is 3.35. The molecular weight excluding hydrogens is 357 g/mol. The number of hydrogen-bond donors (Lipinski definition) is 0. The van der Waals surface area contributed by atoms with Crippen LogP contribution in [0.5, 0.6) is 0 Å². The molecule has 2 aromatic rings. The third-order valence-corrected chi connectivity index (χ3v) is 5.78. The molecule has 0 spiro atoms. The van der Waals surface area contributed by atoms with Crippen LogP contribution in [-0.4, -0.2) is 49.9 Å². The molecule has 0 atom stereocenters. The first-order chi connectivity index (χ1) is 13.5. The van der Waals surface area contributed by atoms with E-state index in [1.807, 2.05) is 35.2 Å². The molecule has 0 N–H and O–H groups in total. The van der Waals surface area contributed by atoms with Crippen LogP contribution in [0.1, 0.15) is 12.8 Å². The Kier molecular flexibility index (Phi) is 4.79. The fourth-order valence-electron chi connectivity index (χ4n) is 3.86. The Morgan fingerprint density at radius 2 is 1.54 bits per heavy atom. The minimum absolute atomic E-state index is 0.0564. The largest absolute Gasteiger partial charge is 0.368 e. The number of anilines is 2. The summed E-state index contributed by atoms with van der Waals surface area (Å²) in [5, 5.41) is 0. The summed E-state index contributed by atoms with van der Waals surface area (Å²) in [4.78, 5) is 31.8. The van der Waals surface area contributed by atoms with Crippen LogP contribution in [0.25, 0.3) is 0 Å². The Balaban J connectivity index is 1.41. The summed E-state index contributed by atoms with van der Waals surface area (Å²) < 4.78 is 13.1. The highest BCUT2D eigenvalue weighted by Crippen LogP contribution is 2.49. The smallest absolute Gasteiger partial charge is 0.242 e. The zero-order valence-corrected chi connectivity index (χ0v) is 16.0. The summed E-state index contributed by atoms with van der Waals surface area (Å²) in [7, 11) is 1.73. The maximum absolute atomic E-state index is 13.2. The lowest BCUT2D eigenvalue weighted by molar-refractivity contribution is -0.143. The number of para-hydroxylation sites is 1. The van der Waals surface area contributed by atoms with Crippen molar-refractivity contribution in [2.45, 2.75) is 12.8 Å². The van der Waals surface area contributed by atoms with Gasteiger partial charge in [-0.2, -0.15) is 0 Å². The molecule has 2 aromatic carbocycles. The fourth-order valence-corrected chi connectivity index (χ4v) is 3.86. The van der Waals surface area contributed by atoms with Crippen molar-refractivity contribution in [3.8, 4) is 0 Å². The van der Waals surface area contributed by atoms with Crippen molar-refractivity contribution >= 4 is 23.2 Å². The van der Waals surface area contributed by atoms with Crippen LogP contribution >= 0.6 is 0 Å². The molecule has 1 aliphatic carbocycles. The predicted molar refractivity (Wildman–Crippen MR) is 107 cm³/mol. The van der Waals surface area contributed by atoms with Gasteiger partial charge in [0.25, 0.3) is 0 Å². The molecule has 0 unspecified atom stereocenters. The number of amides is 2. The number of benzene rings is 2. The molecule has 2 fully saturated rings. The number of carbonyl (C=O) groups excluding carboxylic acids is 2. The minimum atomic E-state index is -0.900. The van der Waals surface area contributed by atoms with E-state index in [1.54, 1.807) is 24.1 Å². The van der Waals surface area contributed by atoms with Crippen molar-refractivity contribution in [3.63, 3.8) is 0 Å². The first kappa shape index (κ1) is 18.5. The minimum Gasteiger partial charge on any atom is -0.368 e. The molecule has 1 heterocycles. The second-order valence-electron chi connectivity index (χ2n) is 7.54. The quantitative estimate of drug-likeness (QED) is 0.765. The summed E-state index contributed by atoms with van der Waals surface area (Å²) >= 11 is 0. The van der Waals surface area contributed by atoms with Crippen molar-refractivity contribution in [3.05, 3.63) is 60.4 Å². The Morgan fingerprint density at radius 3 is 2.11 bits per heavy atom. The van der Waals surface area contributed by atoms with Gasteiger partial charge in [-0.15, -0.1) is 0 Å². The third-order valence-electron chi connectivity index (χ3n) is 5.78. The monoisotopic (exact) mass is 381 g/mol. The second-order valence-corrected chi connectivity index (χ2v) is 7.54. The van der Waals surface area contributed by atoms with Gasteiger partial charge in [0.05, 0.1) is 0 Å². The highest BCUT2D eigenvalue weighted by atomic mass is 19.1. The number of piperazine rings is 1. The maximum Gasteiger partial charge on any atom is 0.242 e. The van der Waals surface area contributed by atoms with E-state index in [2.05, 4.69) is 4.90 Å². The fraction of sp³-hybridized carbons (Fsp3) is 0.364. The van der Waals surface area contributed by atoms with E-state index < -0.39 is 5.41 Å². The zero-order valence-electron chi connectivity index (χ0n) is 16.0. The lowest BCUT2D eigenvalue weighted by Gasteiger charge is -2.38. The van der Waals surface area contributed by atoms with E-state index in [4.69, 9.17) is 0 Å².